The minimum atomic E-state index is -3.59. The standard InChI is InChI=1S/C19H28N4O3S/c1-4-22-11-13-23(14-12-22)10-9-20-19-15(2)18(27(24,25)21-19)16-5-7-17(26-3)8-6-16/h5-8H,4,9-14H2,1-3H3,(H,20,21). The minimum absolute atomic E-state index is 0.292. The SMILES string of the molecule is CCN1CCN(CCN=C2NS(=O)(=O)C(c3ccc(OC)cc3)=C2C)CC1. The summed E-state index contributed by atoms with van der Waals surface area (Å²) >= 11 is 0. The fourth-order valence-corrected chi connectivity index (χ4v) is 4.98. The zero-order valence-corrected chi connectivity index (χ0v) is 17.1. The number of amidine groups is 1. The van der Waals surface area contributed by atoms with Gasteiger partial charge < -0.3 is 9.64 Å². The summed E-state index contributed by atoms with van der Waals surface area (Å²) in [6.45, 7) is 10.7. The van der Waals surface area contributed by atoms with Gasteiger partial charge >= 0.3 is 0 Å². The van der Waals surface area contributed by atoms with Crippen molar-refractivity contribution in [3.63, 3.8) is 0 Å². The Balaban J connectivity index is 1.69. The molecular weight excluding hydrogens is 364 g/mol. The van der Waals surface area contributed by atoms with Crippen LogP contribution >= 0.6 is 0 Å². The lowest BCUT2D eigenvalue weighted by atomic mass is 10.1. The van der Waals surface area contributed by atoms with E-state index in [-0.39, 0.29) is 0 Å². The third kappa shape index (κ3) is 4.51. The highest BCUT2D eigenvalue weighted by Crippen LogP contribution is 2.30. The van der Waals surface area contributed by atoms with Crippen LogP contribution < -0.4 is 9.46 Å². The molecule has 7 nitrogen and oxygen atoms in total. The molecule has 2 aliphatic heterocycles. The Kier molecular flexibility index (Phi) is 6.18. The normalized spacial score (nSPS) is 22.3. The van der Waals surface area contributed by atoms with Gasteiger partial charge in [-0.05, 0) is 43.3 Å². The maximum atomic E-state index is 12.6. The Morgan fingerprint density at radius 3 is 2.33 bits per heavy atom. The summed E-state index contributed by atoms with van der Waals surface area (Å²) in [5, 5.41) is 0. The number of hydrogen-bond acceptors (Lipinski definition) is 6. The molecular formula is C19H28N4O3S. The van der Waals surface area contributed by atoms with Gasteiger partial charge in [0.25, 0.3) is 10.0 Å². The first kappa shape index (κ1) is 19.9. The summed E-state index contributed by atoms with van der Waals surface area (Å²) in [5.74, 6) is 1.14. The first-order valence-electron chi connectivity index (χ1n) is 9.32. The first-order chi connectivity index (χ1) is 12.9. The van der Waals surface area contributed by atoms with Gasteiger partial charge in [0.1, 0.15) is 16.5 Å². The second-order valence-electron chi connectivity index (χ2n) is 6.79. The van der Waals surface area contributed by atoms with Crippen molar-refractivity contribution >= 4 is 20.8 Å². The van der Waals surface area contributed by atoms with Gasteiger partial charge in [0.2, 0.25) is 0 Å². The number of methoxy groups -OCH3 is 1. The molecule has 1 aromatic carbocycles. The molecule has 1 fully saturated rings. The van der Waals surface area contributed by atoms with Crippen molar-refractivity contribution in [1.82, 2.24) is 14.5 Å². The number of likely N-dealkylation sites (N-methyl/N-ethyl adjacent to an activating group) is 1. The number of ether oxygens (including phenoxy) is 1. The van der Waals surface area contributed by atoms with Gasteiger partial charge in [-0.3, -0.25) is 14.6 Å². The van der Waals surface area contributed by atoms with Crippen LogP contribution in [0.1, 0.15) is 19.4 Å². The Hall–Kier alpha value is -1.90. The molecule has 8 heteroatoms. The van der Waals surface area contributed by atoms with Crippen molar-refractivity contribution in [3.8, 4) is 5.75 Å². The predicted octanol–water partition coefficient (Wildman–Crippen LogP) is 1.40. The lowest BCUT2D eigenvalue weighted by Gasteiger charge is -2.33. The summed E-state index contributed by atoms with van der Waals surface area (Å²) in [5.41, 5.74) is 1.30. The number of nitrogens with one attached hydrogen (secondary N) is 1. The quantitative estimate of drug-likeness (QED) is 0.792. The van der Waals surface area contributed by atoms with Crippen molar-refractivity contribution in [2.45, 2.75) is 13.8 Å². The van der Waals surface area contributed by atoms with E-state index in [0.717, 1.165) is 39.3 Å². The van der Waals surface area contributed by atoms with E-state index in [2.05, 4.69) is 26.4 Å². The molecule has 0 radical (unpaired) electrons. The molecule has 27 heavy (non-hydrogen) atoms. The molecule has 2 aliphatic rings. The van der Waals surface area contributed by atoms with Gasteiger partial charge in [0.15, 0.2) is 0 Å². The molecule has 3 rings (SSSR count). The average Bonchev–Trinajstić information content (AvgIpc) is 2.90. The Morgan fingerprint density at radius 2 is 1.74 bits per heavy atom. The number of rotatable bonds is 6. The van der Waals surface area contributed by atoms with Crippen molar-refractivity contribution in [1.29, 1.82) is 0 Å². The molecule has 0 atom stereocenters. The third-order valence-electron chi connectivity index (χ3n) is 5.15. The van der Waals surface area contributed by atoms with E-state index >= 15 is 0 Å². The van der Waals surface area contributed by atoms with E-state index < -0.39 is 10.0 Å². The molecule has 0 saturated carbocycles. The maximum absolute atomic E-state index is 12.6. The van der Waals surface area contributed by atoms with Crippen LogP contribution in [0, 0.1) is 0 Å². The predicted molar refractivity (Wildman–Crippen MR) is 108 cm³/mol. The Morgan fingerprint density at radius 1 is 1.11 bits per heavy atom. The summed E-state index contributed by atoms with van der Waals surface area (Å²) < 4.78 is 32.9. The van der Waals surface area contributed by atoms with E-state index in [9.17, 15) is 8.42 Å². The average molecular weight is 393 g/mol. The summed E-state index contributed by atoms with van der Waals surface area (Å²) in [6, 6.07) is 7.03. The molecule has 0 aromatic heterocycles. The van der Waals surface area contributed by atoms with Crippen molar-refractivity contribution in [2.24, 2.45) is 4.99 Å². The lowest BCUT2D eigenvalue weighted by molar-refractivity contribution is 0.140. The summed E-state index contributed by atoms with van der Waals surface area (Å²) in [4.78, 5) is 9.63. The van der Waals surface area contributed by atoms with Crippen molar-refractivity contribution in [3.05, 3.63) is 35.4 Å². The van der Waals surface area contributed by atoms with Crippen LogP contribution in [-0.2, 0) is 10.0 Å². The zero-order valence-electron chi connectivity index (χ0n) is 16.2. The van der Waals surface area contributed by atoms with Gasteiger partial charge in [-0.25, -0.2) is 8.42 Å². The second kappa shape index (κ2) is 8.41. The van der Waals surface area contributed by atoms with E-state index in [0.29, 0.717) is 34.2 Å². The van der Waals surface area contributed by atoms with Crippen LogP contribution in [0.3, 0.4) is 0 Å². The van der Waals surface area contributed by atoms with Gasteiger partial charge in [0, 0.05) is 38.3 Å². The Labute approximate surface area is 161 Å². The van der Waals surface area contributed by atoms with Crippen LogP contribution in [0.5, 0.6) is 5.75 Å². The summed E-state index contributed by atoms with van der Waals surface area (Å²) in [7, 11) is -2.00. The molecule has 1 N–H and O–H groups in total. The molecule has 0 amide bonds. The van der Waals surface area contributed by atoms with E-state index in [1.165, 1.54) is 0 Å². The second-order valence-corrected chi connectivity index (χ2v) is 8.41. The lowest BCUT2D eigenvalue weighted by Crippen LogP contribution is -2.46. The Bertz CT molecular complexity index is 823. The van der Waals surface area contributed by atoms with Gasteiger partial charge in [-0.1, -0.05) is 6.92 Å². The fourth-order valence-electron chi connectivity index (χ4n) is 3.46. The van der Waals surface area contributed by atoms with Gasteiger partial charge in [-0.2, -0.15) is 0 Å². The minimum Gasteiger partial charge on any atom is -0.497 e. The van der Waals surface area contributed by atoms with Crippen molar-refractivity contribution in [2.75, 3.05) is 52.9 Å². The smallest absolute Gasteiger partial charge is 0.264 e. The first-order valence-corrected chi connectivity index (χ1v) is 10.8. The molecule has 148 valence electrons. The summed E-state index contributed by atoms with van der Waals surface area (Å²) in [6.07, 6.45) is 0. The topological polar surface area (TPSA) is 74.2 Å². The highest BCUT2D eigenvalue weighted by Gasteiger charge is 2.32. The molecule has 0 aliphatic carbocycles. The molecule has 1 saturated heterocycles. The fraction of sp³-hybridized carbons (Fsp3) is 0.526. The third-order valence-corrected chi connectivity index (χ3v) is 6.69. The highest BCUT2D eigenvalue weighted by atomic mass is 32.2. The van der Waals surface area contributed by atoms with E-state index in [4.69, 9.17) is 4.74 Å². The monoisotopic (exact) mass is 392 g/mol. The van der Waals surface area contributed by atoms with Crippen LogP contribution in [-0.4, -0.2) is 77.0 Å². The van der Waals surface area contributed by atoms with E-state index in [1.54, 1.807) is 38.3 Å². The van der Waals surface area contributed by atoms with E-state index in [1.807, 2.05) is 0 Å². The number of sulfonamides is 1. The van der Waals surface area contributed by atoms with Crippen LogP contribution in [0.4, 0.5) is 0 Å². The number of piperazine rings is 1. The highest BCUT2D eigenvalue weighted by molar-refractivity contribution is 8.00. The maximum Gasteiger partial charge on any atom is 0.264 e. The van der Waals surface area contributed by atoms with Crippen LogP contribution in [0.2, 0.25) is 0 Å². The van der Waals surface area contributed by atoms with Gasteiger partial charge in [0.05, 0.1) is 13.7 Å². The number of benzene rings is 1. The number of hydrogen-bond donors (Lipinski definition) is 1. The van der Waals surface area contributed by atoms with Crippen LogP contribution in [0.25, 0.3) is 4.91 Å². The van der Waals surface area contributed by atoms with Crippen molar-refractivity contribution < 1.29 is 13.2 Å². The molecule has 2 heterocycles. The zero-order chi connectivity index (χ0) is 19.4. The molecule has 1 aromatic rings. The number of aliphatic imine (C=N–C) groups is 1. The molecule has 0 unspecified atom stereocenters. The van der Waals surface area contributed by atoms with Gasteiger partial charge in [-0.15, -0.1) is 0 Å². The number of nitrogens with zero attached hydrogens (tertiary/aromatic N) is 3. The molecule has 0 spiro atoms. The van der Waals surface area contributed by atoms with Crippen LogP contribution in [0.15, 0.2) is 34.8 Å². The largest absolute Gasteiger partial charge is 0.497 e. The molecule has 0 bridgehead atoms.